The Labute approximate surface area is 128 Å². The topological polar surface area (TPSA) is 71.2 Å². The van der Waals surface area contributed by atoms with Crippen LogP contribution in [0.3, 0.4) is 0 Å². The maximum Gasteiger partial charge on any atom is 0.265 e. The van der Waals surface area contributed by atoms with E-state index in [1.54, 1.807) is 0 Å². The lowest BCUT2D eigenvalue weighted by atomic mass is 10.2. The molecule has 5 nitrogen and oxygen atoms in total. The van der Waals surface area contributed by atoms with Crippen LogP contribution in [0.15, 0.2) is 0 Å². The molecule has 3 N–H and O–H groups in total. The van der Waals surface area contributed by atoms with Gasteiger partial charge in [-0.25, -0.2) is 4.98 Å². The van der Waals surface area contributed by atoms with Gasteiger partial charge in [0.25, 0.3) is 5.91 Å². The first kappa shape index (κ1) is 15.4. The van der Waals surface area contributed by atoms with Gasteiger partial charge in [0.1, 0.15) is 10.7 Å². The molecule has 2 heterocycles. The van der Waals surface area contributed by atoms with Gasteiger partial charge >= 0.3 is 0 Å². The van der Waals surface area contributed by atoms with Crippen molar-refractivity contribution in [2.24, 2.45) is 0 Å². The molecule has 0 spiro atoms. The lowest BCUT2D eigenvalue weighted by molar-refractivity contribution is 0.0943. The molecule has 0 bridgehead atoms. The molecule has 1 aromatic heterocycles. The summed E-state index contributed by atoms with van der Waals surface area (Å²) in [5.74, 6) is 2.46. The van der Waals surface area contributed by atoms with E-state index in [1.807, 2.05) is 11.8 Å². The number of rotatable bonds is 5. The minimum atomic E-state index is -0.0779. The van der Waals surface area contributed by atoms with Crippen molar-refractivity contribution in [2.75, 3.05) is 35.2 Å². The number of amides is 1. The number of nitrogens with zero attached hydrogens (tertiary/aromatic N) is 2. The van der Waals surface area contributed by atoms with Crippen LogP contribution in [0.25, 0.3) is 0 Å². The summed E-state index contributed by atoms with van der Waals surface area (Å²) in [6.07, 6.45) is 2.22. The molecule has 0 aromatic carbocycles. The number of thiazole rings is 1. The standard InChI is InChI=1S/C13H22N4OS2/c1-3-17(4-2)13-16-11(14)10(20-13)12(18)15-9-6-5-7-19-8-9/h9H,3-8,14H2,1-2H3,(H,15,18). The molecule has 112 valence electrons. The number of carbonyl (C=O) groups is 1. The number of hydrogen-bond acceptors (Lipinski definition) is 6. The fourth-order valence-electron chi connectivity index (χ4n) is 2.22. The predicted molar refractivity (Wildman–Crippen MR) is 87.9 cm³/mol. The van der Waals surface area contributed by atoms with E-state index in [9.17, 15) is 4.79 Å². The Balaban J connectivity index is 2.05. The Kier molecular flexibility index (Phi) is 5.54. The van der Waals surface area contributed by atoms with Gasteiger partial charge in [0.2, 0.25) is 0 Å². The SMILES string of the molecule is CCN(CC)c1nc(N)c(C(=O)NC2CCCSC2)s1. The molecule has 1 fully saturated rings. The second-order valence-electron chi connectivity index (χ2n) is 4.77. The Morgan fingerprint density at radius 3 is 2.85 bits per heavy atom. The van der Waals surface area contributed by atoms with E-state index in [-0.39, 0.29) is 11.9 Å². The highest BCUT2D eigenvalue weighted by atomic mass is 32.2. The van der Waals surface area contributed by atoms with Crippen LogP contribution in [0.5, 0.6) is 0 Å². The molecule has 1 aromatic rings. The van der Waals surface area contributed by atoms with E-state index in [0.29, 0.717) is 10.7 Å². The van der Waals surface area contributed by atoms with Gasteiger partial charge in [-0.3, -0.25) is 4.79 Å². The zero-order chi connectivity index (χ0) is 14.5. The van der Waals surface area contributed by atoms with Crippen LogP contribution in [-0.4, -0.2) is 41.5 Å². The fraction of sp³-hybridized carbons (Fsp3) is 0.692. The summed E-state index contributed by atoms with van der Waals surface area (Å²) in [4.78, 5) is 19.3. The predicted octanol–water partition coefficient (Wildman–Crippen LogP) is 2.20. The van der Waals surface area contributed by atoms with E-state index in [0.717, 1.165) is 30.4 Å². The molecule has 0 aliphatic carbocycles. The summed E-state index contributed by atoms with van der Waals surface area (Å²) in [5.41, 5.74) is 5.90. The summed E-state index contributed by atoms with van der Waals surface area (Å²) in [5, 5.41) is 3.91. The normalized spacial score (nSPS) is 18.8. The smallest absolute Gasteiger partial charge is 0.265 e. The Morgan fingerprint density at radius 2 is 2.25 bits per heavy atom. The van der Waals surface area contributed by atoms with Gasteiger partial charge in [-0.1, -0.05) is 11.3 Å². The van der Waals surface area contributed by atoms with Gasteiger partial charge in [0.15, 0.2) is 5.13 Å². The summed E-state index contributed by atoms with van der Waals surface area (Å²) < 4.78 is 0. The van der Waals surface area contributed by atoms with Gasteiger partial charge in [-0.2, -0.15) is 11.8 Å². The van der Waals surface area contributed by atoms with Gasteiger partial charge in [-0.15, -0.1) is 0 Å². The summed E-state index contributed by atoms with van der Waals surface area (Å²) in [7, 11) is 0. The Morgan fingerprint density at radius 1 is 1.50 bits per heavy atom. The second-order valence-corrected chi connectivity index (χ2v) is 6.90. The zero-order valence-corrected chi connectivity index (χ0v) is 13.6. The number of nitrogen functional groups attached to an aromatic ring is 1. The van der Waals surface area contributed by atoms with Crippen molar-refractivity contribution in [3.05, 3.63) is 4.88 Å². The molecule has 1 aliphatic rings. The zero-order valence-electron chi connectivity index (χ0n) is 12.0. The van der Waals surface area contributed by atoms with E-state index < -0.39 is 0 Å². The molecule has 1 aliphatic heterocycles. The molecule has 20 heavy (non-hydrogen) atoms. The van der Waals surface area contributed by atoms with E-state index >= 15 is 0 Å². The van der Waals surface area contributed by atoms with E-state index in [1.165, 1.54) is 23.5 Å². The maximum absolute atomic E-state index is 12.3. The molecular formula is C13H22N4OS2. The van der Waals surface area contributed by atoms with Crippen LogP contribution >= 0.6 is 23.1 Å². The minimum absolute atomic E-state index is 0.0779. The molecule has 2 rings (SSSR count). The lowest BCUT2D eigenvalue weighted by Crippen LogP contribution is -2.38. The number of nitrogens with two attached hydrogens (primary N) is 1. The van der Waals surface area contributed by atoms with Gasteiger partial charge in [0.05, 0.1) is 0 Å². The number of thioether (sulfide) groups is 1. The van der Waals surface area contributed by atoms with Crippen molar-refractivity contribution in [3.63, 3.8) is 0 Å². The summed E-state index contributed by atoms with van der Waals surface area (Å²) in [6, 6.07) is 0.264. The van der Waals surface area contributed by atoms with Crippen molar-refractivity contribution in [1.82, 2.24) is 10.3 Å². The quantitative estimate of drug-likeness (QED) is 0.872. The average Bonchev–Trinajstić information content (AvgIpc) is 2.83. The Bertz CT molecular complexity index is 453. The molecule has 1 saturated heterocycles. The van der Waals surface area contributed by atoms with Crippen molar-refractivity contribution < 1.29 is 4.79 Å². The van der Waals surface area contributed by atoms with Gasteiger partial charge in [-0.05, 0) is 32.4 Å². The van der Waals surface area contributed by atoms with E-state index in [2.05, 4.69) is 29.0 Å². The van der Waals surface area contributed by atoms with Crippen molar-refractivity contribution in [1.29, 1.82) is 0 Å². The molecular weight excluding hydrogens is 292 g/mol. The molecule has 1 atom stereocenters. The first-order chi connectivity index (χ1) is 9.65. The third kappa shape index (κ3) is 3.58. The molecule has 0 saturated carbocycles. The highest BCUT2D eigenvalue weighted by Crippen LogP contribution is 2.28. The Hall–Kier alpha value is -0.950. The monoisotopic (exact) mass is 314 g/mol. The van der Waals surface area contributed by atoms with Crippen LogP contribution in [-0.2, 0) is 0 Å². The minimum Gasteiger partial charge on any atom is -0.382 e. The maximum atomic E-state index is 12.3. The van der Waals surface area contributed by atoms with Crippen LogP contribution < -0.4 is 16.0 Å². The fourth-order valence-corrected chi connectivity index (χ4v) is 4.31. The third-order valence-corrected chi connectivity index (χ3v) is 5.72. The number of hydrogen-bond donors (Lipinski definition) is 2. The average molecular weight is 314 g/mol. The summed E-state index contributed by atoms with van der Waals surface area (Å²) in [6.45, 7) is 5.87. The molecule has 1 amide bonds. The van der Waals surface area contributed by atoms with Crippen LogP contribution in [0.2, 0.25) is 0 Å². The molecule has 1 unspecified atom stereocenters. The third-order valence-electron chi connectivity index (χ3n) is 3.38. The first-order valence-electron chi connectivity index (χ1n) is 7.05. The van der Waals surface area contributed by atoms with Crippen LogP contribution in [0.1, 0.15) is 36.4 Å². The molecule has 0 radical (unpaired) electrons. The summed E-state index contributed by atoms with van der Waals surface area (Å²) >= 11 is 3.28. The second kappa shape index (κ2) is 7.17. The number of nitrogens with one attached hydrogen (secondary N) is 1. The first-order valence-corrected chi connectivity index (χ1v) is 9.02. The number of aromatic nitrogens is 1. The largest absolute Gasteiger partial charge is 0.382 e. The number of anilines is 2. The number of carbonyl (C=O) groups excluding carboxylic acids is 1. The molecule has 7 heteroatoms. The lowest BCUT2D eigenvalue weighted by Gasteiger charge is -2.22. The van der Waals surface area contributed by atoms with Crippen molar-refractivity contribution >= 4 is 40.0 Å². The van der Waals surface area contributed by atoms with Gasteiger partial charge < -0.3 is 16.0 Å². The van der Waals surface area contributed by atoms with Crippen LogP contribution in [0, 0.1) is 0 Å². The highest BCUT2D eigenvalue weighted by Gasteiger charge is 2.22. The van der Waals surface area contributed by atoms with E-state index in [4.69, 9.17) is 5.73 Å². The van der Waals surface area contributed by atoms with Crippen LogP contribution in [0.4, 0.5) is 10.9 Å². The van der Waals surface area contributed by atoms with Gasteiger partial charge in [0, 0.05) is 24.9 Å². The van der Waals surface area contributed by atoms with Crippen molar-refractivity contribution in [3.8, 4) is 0 Å². The highest BCUT2D eigenvalue weighted by molar-refractivity contribution is 7.99. The van der Waals surface area contributed by atoms with Crippen molar-refractivity contribution in [2.45, 2.75) is 32.7 Å².